The first-order valence-corrected chi connectivity index (χ1v) is 9.47. The summed E-state index contributed by atoms with van der Waals surface area (Å²) < 4.78 is 68.1. The molecule has 0 saturated heterocycles. The normalized spacial score (nSPS) is 11.0. The van der Waals surface area contributed by atoms with Crippen LogP contribution in [0.25, 0.3) is 5.69 Å². The Morgan fingerprint density at radius 3 is 2.50 bits per heavy atom. The first-order chi connectivity index (χ1) is 15.2. The summed E-state index contributed by atoms with van der Waals surface area (Å²) in [5.74, 6) is -2.11. The van der Waals surface area contributed by atoms with E-state index in [4.69, 9.17) is 9.47 Å². The lowest BCUT2D eigenvalue weighted by atomic mass is 10.1. The smallest absolute Gasteiger partial charge is 0.387 e. The monoisotopic (exact) mass is 452 g/mol. The van der Waals surface area contributed by atoms with Gasteiger partial charge in [0.05, 0.1) is 19.2 Å². The number of esters is 1. The van der Waals surface area contributed by atoms with Gasteiger partial charge in [-0.05, 0) is 43.7 Å². The van der Waals surface area contributed by atoms with Gasteiger partial charge in [-0.25, -0.2) is 13.5 Å². The van der Waals surface area contributed by atoms with Gasteiger partial charge in [-0.3, -0.25) is 4.79 Å². The molecular weight excluding hydrogens is 432 g/mol. The predicted octanol–water partition coefficient (Wildman–Crippen LogP) is 4.66. The number of halogens is 4. The van der Waals surface area contributed by atoms with Crippen LogP contribution in [0.5, 0.6) is 11.5 Å². The quantitative estimate of drug-likeness (QED) is 0.367. The van der Waals surface area contributed by atoms with Crippen LogP contribution >= 0.6 is 0 Å². The molecule has 0 spiro atoms. The maximum Gasteiger partial charge on any atom is 0.387 e. The van der Waals surface area contributed by atoms with Crippen molar-refractivity contribution in [2.24, 2.45) is 0 Å². The maximum atomic E-state index is 14.1. The zero-order chi connectivity index (χ0) is 23.4. The van der Waals surface area contributed by atoms with E-state index in [1.807, 2.05) is 0 Å². The summed E-state index contributed by atoms with van der Waals surface area (Å²) in [6.45, 7) is 0.213. The molecule has 3 rings (SSSR count). The highest BCUT2D eigenvalue weighted by molar-refractivity contribution is 5.73. The Morgan fingerprint density at radius 1 is 1.09 bits per heavy atom. The van der Waals surface area contributed by atoms with Crippen molar-refractivity contribution in [3.05, 3.63) is 70.5 Å². The van der Waals surface area contributed by atoms with Crippen LogP contribution in [-0.2, 0) is 22.6 Å². The van der Waals surface area contributed by atoms with Crippen LogP contribution in [0.4, 0.5) is 17.6 Å². The van der Waals surface area contributed by atoms with Crippen LogP contribution in [0.3, 0.4) is 0 Å². The van der Waals surface area contributed by atoms with Gasteiger partial charge in [0.2, 0.25) is 0 Å². The number of hydrogen-bond donors (Lipinski definition) is 0. The molecular formula is C22H20F4N2O4. The number of aromatic nitrogens is 2. The Hall–Kier alpha value is -3.56. The molecule has 0 radical (unpaired) electrons. The van der Waals surface area contributed by atoms with Crippen LogP contribution < -0.4 is 9.47 Å². The summed E-state index contributed by atoms with van der Waals surface area (Å²) in [7, 11) is 1.30. The third-order valence-corrected chi connectivity index (χ3v) is 4.74. The third kappa shape index (κ3) is 5.19. The molecule has 0 aliphatic carbocycles. The van der Waals surface area contributed by atoms with Gasteiger partial charge in [0, 0.05) is 17.3 Å². The fourth-order valence-electron chi connectivity index (χ4n) is 3.17. The minimum Gasteiger partial charge on any atom is -0.493 e. The molecule has 0 fully saturated rings. The van der Waals surface area contributed by atoms with Crippen molar-refractivity contribution in [1.29, 1.82) is 0 Å². The minimum absolute atomic E-state index is 0.0600. The third-order valence-electron chi connectivity index (χ3n) is 4.74. The largest absolute Gasteiger partial charge is 0.493 e. The number of rotatable bonds is 8. The van der Waals surface area contributed by atoms with E-state index in [1.165, 1.54) is 36.1 Å². The lowest BCUT2D eigenvalue weighted by Crippen LogP contribution is -2.10. The topological polar surface area (TPSA) is 62.6 Å². The Labute approximate surface area is 181 Å². The van der Waals surface area contributed by atoms with Gasteiger partial charge in [0.1, 0.15) is 18.1 Å². The summed E-state index contributed by atoms with van der Waals surface area (Å²) in [5, 5.41) is 4.25. The van der Waals surface area contributed by atoms with E-state index in [0.29, 0.717) is 22.5 Å². The minimum atomic E-state index is -3.00. The number of alkyl halides is 2. The van der Waals surface area contributed by atoms with Crippen LogP contribution in [-0.4, -0.2) is 29.5 Å². The van der Waals surface area contributed by atoms with Crippen LogP contribution in [0, 0.1) is 25.5 Å². The molecule has 32 heavy (non-hydrogen) atoms. The molecule has 6 nitrogen and oxygen atoms in total. The second kappa shape index (κ2) is 9.71. The van der Waals surface area contributed by atoms with E-state index in [9.17, 15) is 22.4 Å². The number of carbonyl (C=O) groups is 1. The molecule has 0 saturated carbocycles. The van der Waals surface area contributed by atoms with Gasteiger partial charge in [0.25, 0.3) is 0 Å². The van der Waals surface area contributed by atoms with Crippen molar-refractivity contribution in [1.82, 2.24) is 9.78 Å². The molecule has 0 aliphatic rings. The molecule has 170 valence electrons. The summed E-state index contributed by atoms with van der Waals surface area (Å²) in [6, 6.07) is 7.33. The van der Waals surface area contributed by atoms with E-state index in [0.717, 1.165) is 12.1 Å². The first-order valence-electron chi connectivity index (χ1n) is 9.47. The molecule has 2 aromatic carbocycles. The van der Waals surface area contributed by atoms with E-state index in [1.54, 1.807) is 13.8 Å². The van der Waals surface area contributed by atoms with Crippen LogP contribution in [0.2, 0.25) is 0 Å². The van der Waals surface area contributed by atoms with Gasteiger partial charge >= 0.3 is 12.6 Å². The molecule has 1 aromatic heterocycles. The van der Waals surface area contributed by atoms with Crippen molar-refractivity contribution in [3.8, 4) is 17.2 Å². The summed E-state index contributed by atoms with van der Waals surface area (Å²) in [5.41, 5.74) is 2.13. The van der Waals surface area contributed by atoms with Crippen LogP contribution in [0.15, 0.2) is 36.4 Å². The van der Waals surface area contributed by atoms with Crippen molar-refractivity contribution in [3.63, 3.8) is 0 Å². The highest BCUT2D eigenvalue weighted by Gasteiger charge is 2.19. The van der Waals surface area contributed by atoms with Gasteiger partial charge < -0.3 is 14.2 Å². The zero-order valence-electron chi connectivity index (χ0n) is 17.5. The van der Waals surface area contributed by atoms with Crippen molar-refractivity contribution < 1.29 is 36.6 Å². The van der Waals surface area contributed by atoms with Crippen molar-refractivity contribution >= 4 is 5.97 Å². The lowest BCUT2D eigenvalue weighted by Gasteiger charge is -2.12. The number of methoxy groups -OCH3 is 1. The maximum absolute atomic E-state index is 14.1. The summed E-state index contributed by atoms with van der Waals surface area (Å²) in [6.07, 6.45) is -0.121. The number of ether oxygens (including phenoxy) is 3. The highest BCUT2D eigenvalue weighted by atomic mass is 19.3. The Kier molecular flexibility index (Phi) is 7.01. The molecule has 10 heteroatoms. The van der Waals surface area contributed by atoms with Gasteiger partial charge in [-0.1, -0.05) is 6.07 Å². The molecule has 0 amide bonds. The highest BCUT2D eigenvalue weighted by Crippen LogP contribution is 2.30. The molecule has 0 N–H and O–H groups in total. The van der Waals surface area contributed by atoms with Gasteiger partial charge in [-0.2, -0.15) is 13.9 Å². The van der Waals surface area contributed by atoms with Crippen molar-refractivity contribution in [2.45, 2.75) is 33.5 Å². The van der Waals surface area contributed by atoms with E-state index in [2.05, 4.69) is 9.84 Å². The van der Waals surface area contributed by atoms with Gasteiger partial charge in [-0.15, -0.1) is 0 Å². The number of hydrogen-bond acceptors (Lipinski definition) is 5. The number of nitrogens with zero attached hydrogens (tertiary/aromatic N) is 2. The fraction of sp³-hybridized carbons (Fsp3) is 0.273. The molecule has 0 atom stereocenters. The zero-order valence-corrected chi connectivity index (χ0v) is 17.5. The summed E-state index contributed by atoms with van der Waals surface area (Å²) in [4.78, 5) is 12.4. The molecule has 3 aromatic rings. The molecule has 1 heterocycles. The fourth-order valence-corrected chi connectivity index (χ4v) is 3.17. The Bertz CT molecular complexity index is 1130. The molecule has 0 bridgehead atoms. The second-order valence-corrected chi connectivity index (χ2v) is 6.86. The van der Waals surface area contributed by atoms with E-state index in [-0.39, 0.29) is 30.2 Å². The SMILES string of the molecule is COc1cc(COC(=O)Cc2c(C)nn(-c3ccc(F)cc3F)c2C)ccc1OC(F)F. The molecule has 0 unspecified atom stereocenters. The number of benzene rings is 2. The second-order valence-electron chi connectivity index (χ2n) is 6.86. The Morgan fingerprint density at radius 2 is 1.84 bits per heavy atom. The Balaban J connectivity index is 1.70. The molecule has 0 aliphatic heterocycles. The van der Waals surface area contributed by atoms with Crippen molar-refractivity contribution in [2.75, 3.05) is 7.11 Å². The van der Waals surface area contributed by atoms with Gasteiger partial charge in [0.15, 0.2) is 17.3 Å². The van der Waals surface area contributed by atoms with E-state index < -0.39 is 24.2 Å². The number of aryl methyl sites for hydroxylation is 1. The number of carbonyl (C=O) groups excluding carboxylic acids is 1. The lowest BCUT2D eigenvalue weighted by molar-refractivity contribution is -0.144. The van der Waals surface area contributed by atoms with Crippen LogP contribution in [0.1, 0.15) is 22.5 Å². The van der Waals surface area contributed by atoms with E-state index >= 15 is 0 Å². The average molecular weight is 452 g/mol. The summed E-state index contributed by atoms with van der Waals surface area (Å²) >= 11 is 0. The first kappa shape index (κ1) is 23.1. The predicted molar refractivity (Wildman–Crippen MR) is 106 cm³/mol. The standard InChI is InChI=1S/C22H20F4N2O4/c1-12-16(13(2)28(27-12)18-6-5-15(23)9-17(18)24)10-21(29)31-11-14-4-7-19(32-22(25)26)20(8-14)30-3/h4-9,22H,10-11H2,1-3H3. The average Bonchev–Trinajstić information content (AvgIpc) is 3.00.